The Labute approximate surface area is 150 Å². The Morgan fingerprint density at radius 2 is 2.00 bits per heavy atom. The van der Waals surface area contributed by atoms with E-state index < -0.39 is 0 Å². The molecule has 0 aliphatic carbocycles. The van der Waals surface area contributed by atoms with Gasteiger partial charge < -0.3 is 15.5 Å². The third kappa shape index (κ3) is 3.53. The van der Waals surface area contributed by atoms with Crippen LogP contribution in [0.4, 0.5) is 0 Å². The van der Waals surface area contributed by atoms with Crippen LogP contribution in [0.2, 0.25) is 0 Å². The number of hydrogen-bond acceptors (Lipinski definition) is 2. The van der Waals surface area contributed by atoms with E-state index >= 15 is 0 Å². The topological polar surface area (TPSA) is 51.0 Å². The summed E-state index contributed by atoms with van der Waals surface area (Å²) in [6.07, 6.45) is 3.18. The summed E-state index contributed by atoms with van der Waals surface area (Å²) in [5.74, 6) is 0.878. The number of nitrogens with one attached hydrogen (secondary N) is 1. The molecule has 0 saturated heterocycles. The predicted molar refractivity (Wildman–Crippen MR) is 105 cm³/mol. The Morgan fingerprint density at radius 3 is 2.78 bits per heavy atom. The molecule has 3 N–H and O–H groups in total. The third-order valence-electron chi connectivity index (χ3n) is 4.11. The lowest BCUT2D eigenvalue weighted by molar-refractivity contribution is 0.415. The molecule has 2 aromatic carbocycles. The van der Waals surface area contributed by atoms with Gasteiger partial charge in [-0.25, -0.2) is 0 Å². The van der Waals surface area contributed by atoms with Crippen LogP contribution in [-0.4, -0.2) is 18.6 Å². The number of fused-ring (bicyclic) bond motifs is 1. The van der Waals surface area contributed by atoms with E-state index in [0.29, 0.717) is 0 Å². The number of rotatable bonds is 6. The quantitative estimate of drug-likeness (QED) is 0.448. The van der Waals surface area contributed by atoms with Gasteiger partial charge in [0.05, 0.1) is 7.11 Å². The molecule has 3 nitrogen and oxygen atoms in total. The summed E-state index contributed by atoms with van der Waals surface area (Å²) >= 11 is 2.37. The molecule has 3 rings (SSSR count). The maximum Gasteiger partial charge on any atom is 0.119 e. The van der Waals surface area contributed by atoms with Crippen LogP contribution in [0.25, 0.3) is 22.2 Å². The number of halogens is 1. The number of ether oxygens (including phenoxy) is 1. The summed E-state index contributed by atoms with van der Waals surface area (Å²) in [5, 5.41) is 1.31. The minimum Gasteiger partial charge on any atom is -0.497 e. The molecule has 120 valence electrons. The van der Waals surface area contributed by atoms with Gasteiger partial charge in [-0.1, -0.05) is 12.1 Å². The molecular formula is C19H21IN2O. The van der Waals surface area contributed by atoms with E-state index in [1.807, 2.05) is 12.1 Å². The van der Waals surface area contributed by atoms with Crippen LogP contribution in [0.15, 0.2) is 42.5 Å². The van der Waals surface area contributed by atoms with Crippen LogP contribution in [0.5, 0.6) is 5.75 Å². The van der Waals surface area contributed by atoms with Crippen LogP contribution in [-0.2, 0) is 6.42 Å². The fraction of sp³-hybridized carbons (Fsp3) is 0.263. The van der Waals surface area contributed by atoms with Gasteiger partial charge in [0.15, 0.2) is 0 Å². The zero-order valence-corrected chi connectivity index (χ0v) is 15.4. The molecule has 0 fully saturated rings. The van der Waals surface area contributed by atoms with Gasteiger partial charge in [-0.15, -0.1) is 0 Å². The molecule has 0 atom stereocenters. The lowest BCUT2D eigenvalue weighted by Gasteiger charge is -2.07. The van der Waals surface area contributed by atoms with Crippen molar-refractivity contribution in [3.8, 4) is 17.0 Å². The molecule has 0 amide bonds. The number of aromatic nitrogens is 1. The van der Waals surface area contributed by atoms with Crippen LogP contribution >= 0.6 is 22.6 Å². The highest BCUT2D eigenvalue weighted by atomic mass is 127. The molecule has 0 spiro atoms. The maximum absolute atomic E-state index is 5.67. The molecule has 0 radical (unpaired) electrons. The first-order chi connectivity index (χ1) is 11.2. The second-order valence-corrected chi connectivity index (χ2v) is 6.89. The smallest absolute Gasteiger partial charge is 0.119 e. The highest BCUT2D eigenvalue weighted by Crippen LogP contribution is 2.33. The first-order valence-electron chi connectivity index (χ1n) is 7.87. The summed E-state index contributed by atoms with van der Waals surface area (Å²) in [6.45, 7) is 0.744. The van der Waals surface area contributed by atoms with Gasteiger partial charge in [0, 0.05) is 25.7 Å². The zero-order valence-electron chi connectivity index (χ0n) is 13.2. The molecule has 0 unspecified atom stereocenters. The Hall–Kier alpha value is -1.53. The Balaban J connectivity index is 2.11. The van der Waals surface area contributed by atoms with Crippen LogP contribution in [0.1, 0.15) is 18.4 Å². The summed E-state index contributed by atoms with van der Waals surface area (Å²) < 4.78 is 6.63. The normalized spacial score (nSPS) is 11.1. The summed E-state index contributed by atoms with van der Waals surface area (Å²) in [5.41, 5.74) is 10.6. The second kappa shape index (κ2) is 7.36. The molecule has 23 heavy (non-hydrogen) atoms. The van der Waals surface area contributed by atoms with Crippen molar-refractivity contribution in [1.82, 2.24) is 4.98 Å². The number of aryl methyl sites for hydroxylation is 1. The molecule has 0 bridgehead atoms. The Bertz CT molecular complexity index is 810. The van der Waals surface area contributed by atoms with Crippen LogP contribution in [0, 0.1) is 3.57 Å². The molecule has 0 saturated carbocycles. The lowest BCUT2D eigenvalue weighted by Crippen LogP contribution is -1.99. The highest BCUT2D eigenvalue weighted by Gasteiger charge is 2.13. The van der Waals surface area contributed by atoms with E-state index in [4.69, 9.17) is 10.5 Å². The fourth-order valence-corrected chi connectivity index (χ4v) is 3.44. The van der Waals surface area contributed by atoms with Gasteiger partial charge in [0.25, 0.3) is 0 Å². The van der Waals surface area contributed by atoms with Gasteiger partial charge in [-0.2, -0.15) is 0 Å². The fourth-order valence-electron chi connectivity index (χ4n) is 2.95. The van der Waals surface area contributed by atoms with E-state index in [0.717, 1.165) is 31.6 Å². The average Bonchev–Trinajstić information content (AvgIpc) is 2.93. The van der Waals surface area contributed by atoms with Crippen molar-refractivity contribution in [3.63, 3.8) is 0 Å². The van der Waals surface area contributed by atoms with Crippen molar-refractivity contribution in [3.05, 3.63) is 51.6 Å². The minimum absolute atomic E-state index is 0.744. The average molecular weight is 420 g/mol. The van der Waals surface area contributed by atoms with Crippen molar-refractivity contribution >= 4 is 33.5 Å². The number of benzene rings is 2. The van der Waals surface area contributed by atoms with Gasteiger partial charge >= 0.3 is 0 Å². The molecule has 0 aliphatic heterocycles. The van der Waals surface area contributed by atoms with Crippen molar-refractivity contribution in [2.45, 2.75) is 19.3 Å². The lowest BCUT2D eigenvalue weighted by atomic mass is 10.00. The number of H-pyrrole nitrogens is 1. The maximum atomic E-state index is 5.67. The van der Waals surface area contributed by atoms with Gasteiger partial charge in [-0.05, 0) is 84.3 Å². The first-order valence-corrected chi connectivity index (χ1v) is 8.95. The van der Waals surface area contributed by atoms with E-state index in [2.05, 4.69) is 57.9 Å². The van der Waals surface area contributed by atoms with Crippen LogP contribution in [0.3, 0.4) is 0 Å². The Kier molecular flexibility index (Phi) is 5.23. The van der Waals surface area contributed by atoms with E-state index in [1.54, 1.807) is 7.11 Å². The third-order valence-corrected chi connectivity index (χ3v) is 4.78. The van der Waals surface area contributed by atoms with Gasteiger partial charge in [-0.3, -0.25) is 0 Å². The largest absolute Gasteiger partial charge is 0.497 e. The summed E-state index contributed by atoms with van der Waals surface area (Å²) in [6, 6.07) is 14.8. The monoisotopic (exact) mass is 420 g/mol. The number of unbranched alkanes of at least 4 members (excludes halogenated alkanes) is 1. The SMILES string of the molecule is COc1cccc(-c2[nH]c3ccc(I)cc3c2CCCCN)c1. The van der Waals surface area contributed by atoms with E-state index in [1.165, 1.54) is 31.3 Å². The molecule has 1 aromatic heterocycles. The minimum atomic E-state index is 0.744. The zero-order chi connectivity index (χ0) is 16.2. The molecule has 4 heteroatoms. The number of aromatic amines is 1. The highest BCUT2D eigenvalue weighted by molar-refractivity contribution is 14.1. The summed E-state index contributed by atoms with van der Waals surface area (Å²) in [4.78, 5) is 3.60. The van der Waals surface area contributed by atoms with E-state index in [-0.39, 0.29) is 0 Å². The standard InChI is InChI=1S/C19H21IN2O/c1-23-15-6-4-5-13(11-15)19-16(7-2-3-10-21)17-12-14(20)8-9-18(17)22-19/h4-6,8-9,11-12,22H,2-3,7,10,21H2,1H3. The Morgan fingerprint density at radius 1 is 1.13 bits per heavy atom. The number of hydrogen-bond donors (Lipinski definition) is 2. The first kappa shape index (κ1) is 16.3. The molecule has 1 heterocycles. The van der Waals surface area contributed by atoms with E-state index in [9.17, 15) is 0 Å². The molecular weight excluding hydrogens is 399 g/mol. The van der Waals surface area contributed by atoms with Gasteiger partial charge in [0.2, 0.25) is 0 Å². The predicted octanol–water partition coefficient (Wildman–Crippen LogP) is 4.73. The molecule has 0 aliphatic rings. The van der Waals surface area contributed by atoms with Gasteiger partial charge in [0.1, 0.15) is 5.75 Å². The van der Waals surface area contributed by atoms with Crippen molar-refractivity contribution in [2.75, 3.05) is 13.7 Å². The second-order valence-electron chi connectivity index (χ2n) is 5.65. The number of methoxy groups -OCH3 is 1. The van der Waals surface area contributed by atoms with Crippen molar-refractivity contribution in [1.29, 1.82) is 0 Å². The summed E-state index contributed by atoms with van der Waals surface area (Å²) in [7, 11) is 1.70. The van der Waals surface area contributed by atoms with Crippen LogP contribution < -0.4 is 10.5 Å². The number of nitrogens with two attached hydrogens (primary N) is 1. The van der Waals surface area contributed by atoms with Crippen molar-refractivity contribution in [2.24, 2.45) is 5.73 Å². The van der Waals surface area contributed by atoms with Crippen molar-refractivity contribution < 1.29 is 4.74 Å². The molecule has 3 aromatic rings.